The van der Waals surface area contributed by atoms with Crippen molar-refractivity contribution in [1.29, 1.82) is 0 Å². The summed E-state index contributed by atoms with van der Waals surface area (Å²) in [4.78, 5) is 16.9. The highest BCUT2D eigenvalue weighted by Crippen LogP contribution is 2.21. The normalized spacial score (nSPS) is 17.5. The molecule has 0 N–H and O–H groups in total. The van der Waals surface area contributed by atoms with Crippen molar-refractivity contribution < 1.29 is 14.3 Å². The Kier molecular flexibility index (Phi) is 6.42. The van der Waals surface area contributed by atoms with Crippen LogP contribution in [0.1, 0.15) is 28.8 Å². The molecule has 0 aliphatic carbocycles. The number of ether oxygens (including phenoxy) is 2. The van der Waals surface area contributed by atoms with Gasteiger partial charge in [-0.15, -0.1) is 0 Å². The molecular formula is C18H28N2O3. The van der Waals surface area contributed by atoms with Crippen LogP contribution in [0.3, 0.4) is 0 Å². The van der Waals surface area contributed by atoms with Gasteiger partial charge in [-0.1, -0.05) is 6.07 Å². The molecule has 1 fully saturated rings. The molecule has 1 heterocycles. The van der Waals surface area contributed by atoms with E-state index in [-0.39, 0.29) is 12.0 Å². The fraction of sp³-hybridized carbons (Fsp3) is 0.611. The summed E-state index contributed by atoms with van der Waals surface area (Å²) >= 11 is 0. The highest BCUT2D eigenvalue weighted by Gasteiger charge is 2.23. The standard InChI is InChI=1S/C18H28N2O3/c1-14-7-8-15(12-17(14)22-4)18(21)20(10-9-19(2)3)13-16-6-5-11-23-16/h7-8,12,16H,5-6,9-11,13H2,1-4H3. The van der Waals surface area contributed by atoms with E-state index in [0.29, 0.717) is 18.7 Å². The van der Waals surface area contributed by atoms with Gasteiger partial charge in [0.2, 0.25) is 0 Å². The van der Waals surface area contributed by atoms with Crippen LogP contribution in [0.5, 0.6) is 5.75 Å². The third-order valence-corrected chi connectivity index (χ3v) is 4.21. The summed E-state index contributed by atoms with van der Waals surface area (Å²) in [7, 11) is 5.67. The number of likely N-dealkylation sites (N-methyl/N-ethyl adjacent to an activating group) is 1. The fourth-order valence-corrected chi connectivity index (χ4v) is 2.77. The van der Waals surface area contributed by atoms with E-state index < -0.39 is 0 Å². The van der Waals surface area contributed by atoms with Gasteiger partial charge in [0.1, 0.15) is 5.75 Å². The second-order valence-electron chi connectivity index (χ2n) is 6.37. The molecule has 0 aromatic heterocycles. The molecule has 5 nitrogen and oxygen atoms in total. The van der Waals surface area contributed by atoms with E-state index in [4.69, 9.17) is 9.47 Å². The molecule has 1 aromatic rings. The molecule has 1 aliphatic heterocycles. The van der Waals surface area contributed by atoms with Gasteiger partial charge in [0, 0.05) is 31.8 Å². The first-order chi connectivity index (χ1) is 11.0. The van der Waals surface area contributed by atoms with E-state index in [1.807, 2.05) is 44.1 Å². The average molecular weight is 320 g/mol. The second-order valence-corrected chi connectivity index (χ2v) is 6.37. The lowest BCUT2D eigenvalue weighted by atomic mass is 10.1. The zero-order valence-corrected chi connectivity index (χ0v) is 14.7. The number of nitrogens with zero attached hydrogens (tertiary/aromatic N) is 2. The molecule has 1 aliphatic rings. The highest BCUT2D eigenvalue weighted by molar-refractivity contribution is 5.94. The number of methoxy groups -OCH3 is 1. The second kappa shape index (κ2) is 8.31. The Balaban J connectivity index is 2.13. The van der Waals surface area contributed by atoms with Crippen LogP contribution < -0.4 is 4.74 Å². The van der Waals surface area contributed by atoms with E-state index in [1.165, 1.54) is 0 Å². The molecule has 128 valence electrons. The first-order valence-corrected chi connectivity index (χ1v) is 8.21. The molecule has 0 spiro atoms. The quantitative estimate of drug-likeness (QED) is 0.772. The summed E-state index contributed by atoms with van der Waals surface area (Å²) < 4.78 is 11.1. The Morgan fingerprint density at radius 2 is 2.13 bits per heavy atom. The average Bonchev–Trinajstić information content (AvgIpc) is 3.04. The maximum atomic E-state index is 12.9. The molecule has 1 amide bonds. The van der Waals surface area contributed by atoms with Gasteiger partial charge in [0.05, 0.1) is 13.2 Å². The predicted molar refractivity (Wildman–Crippen MR) is 91.2 cm³/mol. The Hall–Kier alpha value is -1.59. The molecule has 1 unspecified atom stereocenters. The van der Waals surface area contributed by atoms with E-state index >= 15 is 0 Å². The van der Waals surface area contributed by atoms with Gasteiger partial charge in [0.25, 0.3) is 5.91 Å². The summed E-state index contributed by atoms with van der Waals surface area (Å²) in [6, 6.07) is 5.64. The number of carbonyl (C=O) groups is 1. The molecule has 1 aromatic carbocycles. The third-order valence-electron chi connectivity index (χ3n) is 4.21. The van der Waals surface area contributed by atoms with Crippen LogP contribution in [0, 0.1) is 6.92 Å². The SMILES string of the molecule is COc1cc(C(=O)N(CCN(C)C)CC2CCCO2)ccc1C. The van der Waals surface area contributed by atoms with E-state index in [2.05, 4.69) is 4.90 Å². The lowest BCUT2D eigenvalue weighted by Gasteiger charge is -2.27. The molecule has 1 atom stereocenters. The first kappa shape index (κ1) is 17.8. The van der Waals surface area contributed by atoms with Gasteiger partial charge in [0.15, 0.2) is 0 Å². The summed E-state index contributed by atoms with van der Waals surface area (Å²) in [5.74, 6) is 0.793. The van der Waals surface area contributed by atoms with Gasteiger partial charge in [-0.25, -0.2) is 0 Å². The maximum Gasteiger partial charge on any atom is 0.254 e. The third kappa shape index (κ3) is 4.94. The number of carbonyl (C=O) groups excluding carboxylic acids is 1. The van der Waals surface area contributed by atoms with Gasteiger partial charge < -0.3 is 19.3 Å². The van der Waals surface area contributed by atoms with Crippen LogP contribution in [-0.4, -0.2) is 69.3 Å². The smallest absolute Gasteiger partial charge is 0.254 e. The number of aryl methyl sites for hydroxylation is 1. The van der Waals surface area contributed by atoms with E-state index in [1.54, 1.807) is 7.11 Å². The minimum Gasteiger partial charge on any atom is -0.496 e. The molecular weight excluding hydrogens is 292 g/mol. The van der Waals surface area contributed by atoms with Crippen LogP contribution in [0.2, 0.25) is 0 Å². The zero-order chi connectivity index (χ0) is 16.8. The van der Waals surface area contributed by atoms with Crippen LogP contribution >= 0.6 is 0 Å². The molecule has 0 saturated carbocycles. The monoisotopic (exact) mass is 320 g/mol. The van der Waals surface area contributed by atoms with Crippen LogP contribution in [0.15, 0.2) is 18.2 Å². The van der Waals surface area contributed by atoms with Gasteiger partial charge in [-0.05, 0) is 51.6 Å². The van der Waals surface area contributed by atoms with E-state index in [0.717, 1.165) is 37.3 Å². The van der Waals surface area contributed by atoms with Crippen molar-refractivity contribution in [2.45, 2.75) is 25.9 Å². The van der Waals surface area contributed by atoms with Crippen LogP contribution in [-0.2, 0) is 4.74 Å². The Bertz CT molecular complexity index is 525. The topological polar surface area (TPSA) is 42.0 Å². The number of hydrogen-bond acceptors (Lipinski definition) is 4. The summed E-state index contributed by atoms with van der Waals surface area (Å²) in [6.07, 6.45) is 2.27. The molecule has 1 saturated heterocycles. The molecule has 2 rings (SSSR count). The molecule has 23 heavy (non-hydrogen) atoms. The number of hydrogen-bond donors (Lipinski definition) is 0. The fourth-order valence-electron chi connectivity index (χ4n) is 2.77. The lowest BCUT2D eigenvalue weighted by Crippen LogP contribution is -2.41. The number of benzene rings is 1. The Morgan fingerprint density at radius 3 is 2.74 bits per heavy atom. The lowest BCUT2D eigenvalue weighted by molar-refractivity contribution is 0.0512. The van der Waals surface area contributed by atoms with Crippen molar-refractivity contribution in [2.75, 3.05) is 47.4 Å². The number of rotatable bonds is 7. The van der Waals surface area contributed by atoms with Crippen molar-refractivity contribution in [3.63, 3.8) is 0 Å². The van der Waals surface area contributed by atoms with Crippen LogP contribution in [0.25, 0.3) is 0 Å². The largest absolute Gasteiger partial charge is 0.496 e. The minimum atomic E-state index is 0.0423. The predicted octanol–water partition coefficient (Wildman–Crippen LogP) is 2.19. The Labute approximate surface area is 139 Å². The van der Waals surface area contributed by atoms with Gasteiger partial charge in [-0.2, -0.15) is 0 Å². The summed E-state index contributed by atoms with van der Waals surface area (Å²) in [5.41, 5.74) is 1.70. The van der Waals surface area contributed by atoms with Crippen molar-refractivity contribution >= 4 is 5.91 Å². The Morgan fingerprint density at radius 1 is 1.35 bits per heavy atom. The first-order valence-electron chi connectivity index (χ1n) is 8.21. The summed E-state index contributed by atoms with van der Waals surface area (Å²) in [6.45, 7) is 4.97. The zero-order valence-electron chi connectivity index (χ0n) is 14.7. The molecule has 0 bridgehead atoms. The number of amides is 1. The summed E-state index contributed by atoms with van der Waals surface area (Å²) in [5, 5.41) is 0. The van der Waals surface area contributed by atoms with E-state index in [9.17, 15) is 4.79 Å². The van der Waals surface area contributed by atoms with Crippen molar-refractivity contribution in [1.82, 2.24) is 9.80 Å². The van der Waals surface area contributed by atoms with Gasteiger partial charge >= 0.3 is 0 Å². The van der Waals surface area contributed by atoms with Crippen molar-refractivity contribution in [2.24, 2.45) is 0 Å². The van der Waals surface area contributed by atoms with Crippen molar-refractivity contribution in [3.8, 4) is 5.75 Å². The minimum absolute atomic E-state index is 0.0423. The van der Waals surface area contributed by atoms with Crippen LogP contribution in [0.4, 0.5) is 0 Å². The highest BCUT2D eigenvalue weighted by atomic mass is 16.5. The molecule has 5 heteroatoms. The molecule has 0 radical (unpaired) electrons. The van der Waals surface area contributed by atoms with Gasteiger partial charge in [-0.3, -0.25) is 4.79 Å². The van der Waals surface area contributed by atoms with Crippen molar-refractivity contribution in [3.05, 3.63) is 29.3 Å². The maximum absolute atomic E-state index is 12.9.